The summed E-state index contributed by atoms with van der Waals surface area (Å²) in [6, 6.07) is 0. The lowest BCUT2D eigenvalue weighted by Gasteiger charge is -2.29. The van der Waals surface area contributed by atoms with Crippen molar-refractivity contribution in [3.05, 3.63) is 16.9 Å². The third-order valence-corrected chi connectivity index (χ3v) is 3.06. The number of hydrogen-bond donors (Lipinski definition) is 2. The van der Waals surface area contributed by atoms with Crippen LogP contribution in [0.4, 0.5) is 0 Å². The lowest BCUT2D eigenvalue weighted by atomic mass is 10.0. The maximum absolute atomic E-state index is 9.43. The number of hydrogen-bond acceptors (Lipinski definition) is 3. The lowest BCUT2D eigenvalue weighted by molar-refractivity contribution is 0.153. The summed E-state index contributed by atoms with van der Waals surface area (Å²) in [5, 5.41) is 17.6. The molecule has 1 rings (SSSR count). The molecule has 0 bridgehead atoms. The summed E-state index contributed by atoms with van der Waals surface area (Å²) in [7, 11) is 0. The van der Waals surface area contributed by atoms with E-state index in [0.29, 0.717) is 11.6 Å². The van der Waals surface area contributed by atoms with Crippen LogP contribution in [0.3, 0.4) is 0 Å². The van der Waals surface area contributed by atoms with Gasteiger partial charge in [-0.2, -0.15) is 5.10 Å². The first kappa shape index (κ1) is 13.5. The van der Waals surface area contributed by atoms with E-state index in [9.17, 15) is 5.11 Å². The van der Waals surface area contributed by atoms with Crippen LogP contribution in [0.1, 0.15) is 26.0 Å². The third kappa shape index (κ3) is 3.20. The number of aromatic nitrogens is 2. The fourth-order valence-corrected chi connectivity index (χ4v) is 1.64. The van der Waals surface area contributed by atoms with Crippen LogP contribution in [0.5, 0.6) is 0 Å². The Balaban J connectivity index is 2.72. The first-order valence-electron chi connectivity index (χ1n) is 5.56. The normalized spacial score (nSPS) is 15.1. The molecule has 1 heterocycles. The van der Waals surface area contributed by atoms with Crippen molar-refractivity contribution in [1.29, 1.82) is 0 Å². The molecule has 0 radical (unpaired) electrons. The molecule has 1 aromatic heterocycles. The molecule has 1 aromatic rings. The van der Waals surface area contributed by atoms with E-state index in [-0.39, 0.29) is 12.1 Å². The Hall–Kier alpha value is -0.580. The highest BCUT2D eigenvalue weighted by Gasteiger charge is 2.24. The van der Waals surface area contributed by atoms with Gasteiger partial charge in [0.05, 0.1) is 35.6 Å². The predicted molar refractivity (Wildman–Crippen MR) is 65.8 cm³/mol. The van der Waals surface area contributed by atoms with Crippen LogP contribution < -0.4 is 5.32 Å². The molecule has 0 aliphatic heterocycles. The summed E-state index contributed by atoms with van der Waals surface area (Å²) in [6.07, 6.45) is 2.67. The average Bonchev–Trinajstić information content (AvgIpc) is 2.58. The molecule has 0 aliphatic carbocycles. The zero-order valence-corrected chi connectivity index (χ0v) is 10.9. The highest BCUT2D eigenvalue weighted by atomic mass is 35.5. The molecule has 16 heavy (non-hydrogen) atoms. The summed E-state index contributed by atoms with van der Waals surface area (Å²) in [5.74, 6) is 0. The van der Waals surface area contributed by atoms with Crippen LogP contribution in [0.25, 0.3) is 0 Å². The third-order valence-electron chi connectivity index (χ3n) is 2.69. The largest absolute Gasteiger partial charge is 0.394 e. The molecular formula is C11H20ClN3O. The van der Waals surface area contributed by atoms with Gasteiger partial charge >= 0.3 is 0 Å². The summed E-state index contributed by atoms with van der Waals surface area (Å²) >= 11 is 5.94. The van der Waals surface area contributed by atoms with Gasteiger partial charge in [0.1, 0.15) is 0 Å². The molecule has 1 atom stereocenters. The molecule has 0 spiro atoms. The second kappa shape index (κ2) is 5.66. The zero-order chi connectivity index (χ0) is 12.2. The molecule has 1 unspecified atom stereocenters. The smallest absolute Gasteiger partial charge is 0.0814 e. The molecule has 2 N–H and O–H groups in total. The number of rotatable bonds is 6. The Morgan fingerprint density at radius 2 is 2.31 bits per heavy atom. The topological polar surface area (TPSA) is 50.1 Å². The van der Waals surface area contributed by atoms with Crippen LogP contribution in [0.15, 0.2) is 6.20 Å². The van der Waals surface area contributed by atoms with Gasteiger partial charge in [-0.25, -0.2) is 0 Å². The zero-order valence-electron chi connectivity index (χ0n) is 10.1. The maximum Gasteiger partial charge on any atom is 0.0814 e. The van der Waals surface area contributed by atoms with Crippen LogP contribution >= 0.6 is 11.6 Å². The summed E-state index contributed by atoms with van der Waals surface area (Å²) < 4.78 is 1.82. The molecule has 0 amide bonds. The Morgan fingerprint density at radius 1 is 1.62 bits per heavy atom. The number of aliphatic hydroxyl groups is 1. The maximum atomic E-state index is 9.43. The van der Waals surface area contributed by atoms with Crippen molar-refractivity contribution in [1.82, 2.24) is 15.1 Å². The van der Waals surface area contributed by atoms with Crippen LogP contribution in [-0.2, 0) is 6.54 Å². The van der Waals surface area contributed by atoms with Gasteiger partial charge in [-0.3, -0.25) is 4.68 Å². The summed E-state index contributed by atoms with van der Waals surface area (Å²) in [5.41, 5.74) is 0.579. The number of aliphatic hydroxyl groups excluding tert-OH is 1. The van der Waals surface area contributed by atoms with Gasteiger partial charge in [-0.15, -0.1) is 0 Å². The van der Waals surface area contributed by atoms with Gasteiger partial charge in [0.2, 0.25) is 0 Å². The van der Waals surface area contributed by atoms with E-state index in [1.54, 1.807) is 6.20 Å². The lowest BCUT2D eigenvalue weighted by Crippen LogP contribution is -2.49. The molecule has 0 aromatic carbocycles. The molecule has 0 aliphatic rings. The molecule has 4 nitrogen and oxygen atoms in total. The minimum absolute atomic E-state index is 0.0733. The van der Waals surface area contributed by atoms with Crippen molar-refractivity contribution in [2.75, 3.05) is 13.2 Å². The molecule has 5 heteroatoms. The van der Waals surface area contributed by atoms with Crippen molar-refractivity contribution >= 4 is 11.6 Å². The van der Waals surface area contributed by atoms with Gasteiger partial charge in [0.25, 0.3) is 0 Å². The quantitative estimate of drug-likeness (QED) is 0.801. The fraction of sp³-hybridized carbons (Fsp3) is 0.727. The molecule has 0 saturated heterocycles. The van der Waals surface area contributed by atoms with Gasteiger partial charge in [0, 0.05) is 0 Å². The van der Waals surface area contributed by atoms with Crippen molar-refractivity contribution in [2.45, 2.75) is 39.3 Å². The van der Waals surface area contributed by atoms with E-state index >= 15 is 0 Å². The average molecular weight is 246 g/mol. The van der Waals surface area contributed by atoms with Crippen LogP contribution in [0, 0.1) is 6.92 Å². The van der Waals surface area contributed by atoms with Gasteiger partial charge in [-0.05, 0) is 26.8 Å². The predicted octanol–water partition coefficient (Wildman–Crippen LogP) is 1.60. The Morgan fingerprint density at radius 3 is 2.75 bits per heavy atom. The first-order chi connectivity index (χ1) is 7.52. The summed E-state index contributed by atoms with van der Waals surface area (Å²) in [6.45, 7) is 7.57. The standard InChI is InChI=1S/C11H20ClN3O/c1-4-5-13-11(3,8-16)7-15-9(2)10(12)6-14-15/h6,13,16H,4-5,7-8H2,1-3H3. The SMILES string of the molecule is CCCNC(C)(CO)Cn1ncc(Cl)c1C. The van der Waals surface area contributed by atoms with E-state index in [0.717, 1.165) is 18.7 Å². The minimum atomic E-state index is -0.351. The molecular weight excluding hydrogens is 226 g/mol. The van der Waals surface area contributed by atoms with Crippen molar-refractivity contribution in [3.8, 4) is 0 Å². The molecule has 92 valence electrons. The highest BCUT2D eigenvalue weighted by molar-refractivity contribution is 6.31. The van der Waals surface area contributed by atoms with E-state index in [2.05, 4.69) is 17.3 Å². The second-order valence-corrected chi connectivity index (χ2v) is 4.79. The molecule has 0 saturated carbocycles. The van der Waals surface area contributed by atoms with E-state index in [1.165, 1.54) is 0 Å². The minimum Gasteiger partial charge on any atom is -0.394 e. The second-order valence-electron chi connectivity index (χ2n) is 4.38. The van der Waals surface area contributed by atoms with Crippen molar-refractivity contribution in [3.63, 3.8) is 0 Å². The van der Waals surface area contributed by atoms with Crippen molar-refractivity contribution in [2.24, 2.45) is 0 Å². The monoisotopic (exact) mass is 245 g/mol. The number of nitrogens with zero attached hydrogens (tertiary/aromatic N) is 2. The van der Waals surface area contributed by atoms with E-state index in [4.69, 9.17) is 11.6 Å². The number of halogens is 1. The van der Waals surface area contributed by atoms with Crippen LogP contribution in [-0.4, -0.2) is 33.6 Å². The van der Waals surface area contributed by atoms with Gasteiger partial charge in [-0.1, -0.05) is 18.5 Å². The van der Waals surface area contributed by atoms with Crippen LogP contribution in [0.2, 0.25) is 5.02 Å². The highest BCUT2D eigenvalue weighted by Crippen LogP contribution is 2.16. The Bertz CT molecular complexity index is 340. The van der Waals surface area contributed by atoms with E-state index < -0.39 is 0 Å². The van der Waals surface area contributed by atoms with Crippen molar-refractivity contribution < 1.29 is 5.11 Å². The fourth-order valence-electron chi connectivity index (χ4n) is 1.50. The number of nitrogens with one attached hydrogen (secondary N) is 1. The molecule has 0 fully saturated rings. The van der Waals surface area contributed by atoms with E-state index in [1.807, 2.05) is 18.5 Å². The first-order valence-corrected chi connectivity index (χ1v) is 5.94. The Kier molecular flexibility index (Phi) is 4.77. The van der Waals surface area contributed by atoms with Gasteiger partial charge < -0.3 is 10.4 Å². The summed E-state index contributed by atoms with van der Waals surface area (Å²) in [4.78, 5) is 0. The van der Waals surface area contributed by atoms with Gasteiger partial charge in [0.15, 0.2) is 0 Å². The Labute approximate surface area is 102 Å².